The Balaban J connectivity index is 2.78. The molecule has 1 N–H and O–H groups in total. The van der Waals surface area contributed by atoms with Crippen molar-refractivity contribution in [3.8, 4) is 0 Å². The second-order valence-electron chi connectivity index (χ2n) is 3.42. The van der Waals surface area contributed by atoms with Gasteiger partial charge >= 0.3 is 5.97 Å². The Bertz CT molecular complexity index is 388. The molecule has 0 atom stereocenters. The third-order valence-corrected chi connectivity index (χ3v) is 2.81. The van der Waals surface area contributed by atoms with Gasteiger partial charge in [-0.25, -0.2) is 4.79 Å². The van der Waals surface area contributed by atoms with Crippen LogP contribution in [0.25, 0.3) is 0 Å². The van der Waals surface area contributed by atoms with Gasteiger partial charge in [-0.15, -0.1) is 0 Å². The molecule has 86 valence electrons. The first-order valence-electron chi connectivity index (χ1n) is 5.08. The summed E-state index contributed by atoms with van der Waals surface area (Å²) in [7, 11) is 0. The summed E-state index contributed by atoms with van der Waals surface area (Å²) in [6.07, 6.45) is 2.09. The van der Waals surface area contributed by atoms with Gasteiger partial charge in [-0.2, -0.15) is 0 Å². The van der Waals surface area contributed by atoms with Crippen molar-refractivity contribution in [2.24, 2.45) is 0 Å². The van der Waals surface area contributed by atoms with Crippen molar-refractivity contribution in [2.45, 2.75) is 19.3 Å². The van der Waals surface area contributed by atoms with Crippen LogP contribution in [0.15, 0.2) is 24.3 Å². The molecule has 0 amide bonds. The fourth-order valence-electron chi connectivity index (χ4n) is 1.43. The van der Waals surface area contributed by atoms with Crippen LogP contribution in [0.1, 0.15) is 40.0 Å². The summed E-state index contributed by atoms with van der Waals surface area (Å²) in [5, 5.41) is 9.79. The molecule has 1 aromatic carbocycles. The molecule has 0 spiro atoms. The number of hydrogen-bond donors (Lipinski definition) is 1. The molecule has 0 radical (unpaired) electrons. The minimum atomic E-state index is -1.05. The Labute approximate surface area is 103 Å². The first kappa shape index (κ1) is 12.9. The number of halogens is 1. The second-order valence-corrected chi connectivity index (χ2v) is 4.21. The smallest absolute Gasteiger partial charge is 0.336 e. The molecule has 1 aromatic rings. The molecule has 0 aliphatic rings. The highest BCUT2D eigenvalue weighted by Gasteiger charge is 2.14. The van der Waals surface area contributed by atoms with Crippen molar-refractivity contribution in [3.05, 3.63) is 35.4 Å². The van der Waals surface area contributed by atoms with Gasteiger partial charge in [-0.05, 0) is 18.9 Å². The van der Waals surface area contributed by atoms with Gasteiger partial charge in [0.05, 0.1) is 5.56 Å². The lowest BCUT2D eigenvalue weighted by atomic mass is 10.0. The van der Waals surface area contributed by atoms with E-state index in [0.29, 0.717) is 12.0 Å². The van der Waals surface area contributed by atoms with Crippen LogP contribution in [-0.4, -0.2) is 22.2 Å². The van der Waals surface area contributed by atoms with Crippen LogP contribution < -0.4 is 0 Å². The molecule has 4 heteroatoms. The predicted octanol–water partition coefficient (Wildman–Crippen LogP) is 3.13. The molecule has 3 nitrogen and oxygen atoms in total. The fraction of sp³-hybridized carbons (Fsp3) is 0.333. The van der Waals surface area contributed by atoms with E-state index >= 15 is 0 Å². The number of Topliss-reactive ketones (excluding diaryl/α,β-unsaturated/α-hetero) is 1. The van der Waals surface area contributed by atoms with Crippen LogP contribution in [0.3, 0.4) is 0 Å². The van der Waals surface area contributed by atoms with Gasteiger partial charge in [-0.3, -0.25) is 4.79 Å². The van der Waals surface area contributed by atoms with Crippen molar-refractivity contribution in [3.63, 3.8) is 0 Å². The zero-order valence-electron chi connectivity index (χ0n) is 8.78. The van der Waals surface area contributed by atoms with Crippen molar-refractivity contribution in [1.29, 1.82) is 0 Å². The predicted molar refractivity (Wildman–Crippen MR) is 65.4 cm³/mol. The normalized spacial score (nSPS) is 10.1. The Hall–Kier alpha value is -1.16. The highest BCUT2D eigenvalue weighted by atomic mass is 79.9. The topological polar surface area (TPSA) is 54.4 Å². The Kier molecular flexibility index (Phi) is 5.19. The van der Waals surface area contributed by atoms with Gasteiger partial charge < -0.3 is 5.11 Å². The third-order valence-electron chi connectivity index (χ3n) is 2.25. The van der Waals surface area contributed by atoms with Crippen molar-refractivity contribution in [1.82, 2.24) is 0 Å². The number of hydrogen-bond acceptors (Lipinski definition) is 2. The highest BCUT2D eigenvalue weighted by Crippen LogP contribution is 2.13. The van der Waals surface area contributed by atoms with E-state index in [-0.39, 0.29) is 11.3 Å². The number of aromatic carboxylic acids is 1. The molecule has 0 saturated carbocycles. The maximum Gasteiger partial charge on any atom is 0.336 e. The SMILES string of the molecule is O=C(O)c1ccccc1C(=O)CCCCBr. The molecule has 0 aliphatic carbocycles. The van der Waals surface area contributed by atoms with E-state index in [1.165, 1.54) is 6.07 Å². The van der Waals surface area contributed by atoms with Gasteiger partial charge in [0.25, 0.3) is 0 Å². The van der Waals surface area contributed by atoms with Crippen molar-refractivity contribution >= 4 is 27.7 Å². The molecule has 0 bridgehead atoms. The summed E-state index contributed by atoms with van der Waals surface area (Å²) in [6, 6.07) is 6.34. The van der Waals surface area contributed by atoms with Gasteiger partial charge in [0.2, 0.25) is 0 Å². The Morgan fingerprint density at radius 3 is 2.31 bits per heavy atom. The number of carbonyl (C=O) groups excluding carboxylic acids is 1. The lowest BCUT2D eigenvalue weighted by molar-refractivity contribution is 0.0691. The van der Waals surface area contributed by atoms with Gasteiger partial charge in [0.15, 0.2) is 5.78 Å². The van der Waals surface area contributed by atoms with Crippen LogP contribution in [0.2, 0.25) is 0 Å². The summed E-state index contributed by atoms with van der Waals surface area (Å²) in [5.74, 6) is -1.15. The van der Waals surface area contributed by atoms with Crippen LogP contribution in [-0.2, 0) is 0 Å². The number of carboxylic acid groups (broad SMARTS) is 1. The van der Waals surface area contributed by atoms with E-state index in [2.05, 4.69) is 15.9 Å². The maximum absolute atomic E-state index is 11.8. The summed E-state index contributed by atoms with van der Waals surface area (Å²) < 4.78 is 0. The van der Waals surface area contributed by atoms with Gasteiger partial charge in [0.1, 0.15) is 0 Å². The molecule has 0 unspecified atom stereocenters. The number of benzene rings is 1. The van der Waals surface area contributed by atoms with Crippen molar-refractivity contribution in [2.75, 3.05) is 5.33 Å². The monoisotopic (exact) mass is 284 g/mol. The standard InChI is InChI=1S/C12H13BrO3/c13-8-4-3-7-11(14)9-5-1-2-6-10(9)12(15)16/h1-2,5-6H,3-4,7-8H2,(H,15,16). The molecular weight excluding hydrogens is 272 g/mol. The van der Waals surface area contributed by atoms with Gasteiger partial charge in [0, 0.05) is 17.3 Å². The molecule has 1 rings (SSSR count). The Morgan fingerprint density at radius 1 is 1.12 bits per heavy atom. The minimum absolute atomic E-state index is 0.0892. The Morgan fingerprint density at radius 2 is 1.75 bits per heavy atom. The molecule has 0 saturated heterocycles. The average molecular weight is 285 g/mol. The lowest BCUT2D eigenvalue weighted by Gasteiger charge is -2.04. The van der Waals surface area contributed by atoms with Crippen LogP contribution in [0.5, 0.6) is 0 Å². The molecule has 16 heavy (non-hydrogen) atoms. The number of unbranched alkanes of at least 4 members (excludes halogenated alkanes) is 1. The number of carboxylic acids is 1. The third kappa shape index (κ3) is 3.45. The fourth-order valence-corrected chi connectivity index (χ4v) is 1.82. The molecule has 0 heterocycles. The first-order chi connectivity index (χ1) is 7.66. The number of carbonyl (C=O) groups is 2. The highest BCUT2D eigenvalue weighted by molar-refractivity contribution is 9.09. The number of ketones is 1. The number of rotatable bonds is 6. The lowest BCUT2D eigenvalue weighted by Crippen LogP contribution is -2.08. The van der Waals surface area contributed by atoms with E-state index in [4.69, 9.17) is 5.11 Å². The first-order valence-corrected chi connectivity index (χ1v) is 6.20. The molecular formula is C12H13BrO3. The van der Waals surface area contributed by atoms with E-state index < -0.39 is 5.97 Å². The summed E-state index contributed by atoms with van der Waals surface area (Å²) >= 11 is 3.29. The molecule has 0 aliphatic heterocycles. The van der Waals surface area contributed by atoms with Crippen LogP contribution in [0, 0.1) is 0 Å². The van der Waals surface area contributed by atoms with Crippen LogP contribution >= 0.6 is 15.9 Å². The average Bonchev–Trinajstić information content (AvgIpc) is 2.29. The zero-order chi connectivity index (χ0) is 12.0. The summed E-state index contributed by atoms with van der Waals surface area (Å²) in [5.41, 5.74) is 0.399. The summed E-state index contributed by atoms with van der Waals surface area (Å²) in [4.78, 5) is 22.7. The van der Waals surface area contributed by atoms with Gasteiger partial charge in [-0.1, -0.05) is 34.1 Å². The number of alkyl halides is 1. The van der Waals surface area contributed by atoms with E-state index in [9.17, 15) is 9.59 Å². The molecule has 0 fully saturated rings. The van der Waals surface area contributed by atoms with E-state index in [0.717, 1.165) is 18.2 Å². The zero-order valence-corrected chi connectivity index (χ0v) is 10.4. The van der Waals surface area contributed by atoms with Crippen molar-refractivity contribution < 1.29 is 14.7 Å². The minimum Gasteiger partial charge on any atom is -0.478 e. The quantitative estimate of drug-likeness (QED) is 0.496. The maximum atomic E-state index is 11.8. The van der Waals surface area contributed by atoms with E-state index in [1.54, 1.807) is 18.2 Å². The second kappa shape index (κ2) is 6.43. The largest absolute Gasteiger partial charge is 0.478 e. The summed E-state index contributed by atoms with van der Waals surface area (Å²) in [6.45, 7) is 0. The van der Waals surface area contributed by atoms with Crippen LogP contribution in [0.4, 0.5) is 0 Å². The van der Waals surface area contributed by atoms with E-state index in [1.807, 2.05) is 0 Å². The molecule has 0 aromatic heterocycles.